The van der Waals surface area contributed by atoms with Gasteiger partial charge in [0.25, 0.3) is 0 Å². The molecule has 0 aliphatic heterocycles. The maximum atomic E-state index is 10.4. The molecule has 0 bridgehead atoms. The molecule has 0 aromatic carbocycles. The quantitative estimate of drug-likeness (QED) is 0.261. The Morgan fingerprint density at radius 1 is 0.750 bits per heavy atom. The number of hydrogen-bond acceptors (Lipinski definition) is 3. The van der Waals surface area contributed by atoms with Crippen LogP contribution in [0.25, 0.3) is 0 Å². The number of aliphatic carboxylic acids is 1. The van der Waals surface area contributed by atoms with Crippen LogP contribution in [-0.2, 0) is 4.79 Å². The lowest BCUT2D eigenvalue weighted by atomic mass is 10.0. The lowest BCUT2D eigenvalue weighted by molar-refractivity contribution is -0.137. The van der Waals surface area contributed by atoms with Gasteiger partial charge in [-0.25, -0.2) is 0 Å². The van der Waals surface area contributed by atoms with E-state index in [0.29, 0.717) is 0 Å². The average molecular weight is 343 g/mol. The average Bonchev–Trinajstić information content (AvgIpc) is 2.55. The predicted octanol–water partition coefficient (Wildman–Crippen LogP) is 4.83. The van der Waals surface area contributed by atoms with E-state index in [1.54, 1.807) is 12.2 Å². The highest BCUT2D eigenvalue weighted by Crippen LogP contribution is 2.12. The third-order valence-electron chi connectivity index (χ3n) is 4.30. The SMILES string of the molecule is CCCCCCC[C@@H](O)/C=C/[C@H](O)CCCCCCCCC(=O)O. The molecule has 0 heterocycles. The second-order valence-corrected chi connectivity index (χ2v) is 6.78. The molecule has 4 nitrogen and oxygen atoms in total. The van der Waals surface area contributed by atoms with Gasteiger partial charge in [0.05, 0.1) is 12.2 Å². The summed E-state index contributed by atoms with van der Waals surface area (Å²) in [5.74, 6) is -0.715. The molecule has 2 atom stereocenters. The molecule has 0 saturated carbocycles. The minimum Gasteiger partial charge on any atom is -0.481 e. The summed E-state index contributed by atoms with van der Waals surface area (Å²) in [4.78, 5) is 10.4. The third kappa shape index (κ3) is 17.5. The van der Waals surface area contributed by atoms with Crippen molar-refractivity contribution in [3.8, 4) is 0 Å². The molecule has 0 fully saturated rings. The normalized spacial score (nSPS) is 14.1. The van der Waals surface area contributed by atoms with Crippen LogP contribution in [-0.4, -0.2) is 33.5 Å². The molecule has 0 aliphatic carbocycles. The fourth-order valence-electron chi connectivity index (χ4n) is 2.74. The molecule has 142 valence electrons. The van der Waals surface area contributed by atoms with Crippen LogP contribution in [0.5, 0.6) is 0 Å². The molecule has 0 unspecified atom stereocenters. The predicted molar refractivity (Wildman–Crippen MR) is 99.1 cm³/mol. The van der Waals surface area contributed by atoms with Crippen LogP contribution >= 0.6 is 0 Å². The van der Waals surface area contributed by atoms with Gasteiger partial charge < -0.3 is 15.3 Å². The number of aliphatic hydroxyl groups excluding tert-OH is 2. The van der Waals surface area contributed by atoms with Crippen molar-refractivity contribution in [2.45, 2.75) is 109 Å². The first-order valence-electron chi connectivity index (χ1n) is 9.82. The summed E-state index contributed by atoms with van der Waals surface area (Å²) in [5.41, 5.74) is 0. The zero-order valence-corrected chi connectivity index (χ0v) is 15.5. The fraction of sp³-hybridized carbons (Fsp3) is 0.850. The Kier molecular flexibility index (Phi) is 16.4. The molecule has 24 heavy (non-hydrogen) atoms. The fourth-order valence-corrected chi connectivity index (χ4v) is 2.74. The second-order valence-electron chi connectivity index (χ2n) is 6.78. The van der Waals surface area contributed by atoms with Gasteiger partial charge in [-0.05, 0) is 19.3 Å². The first-order valence-corrected chi connectivity index (χ1v) is 9.82. The third-order valence-corrected chi connectivity index (χ3v) is 4.30. The van der Waals surface area contributed by atoms with Crippen molar-refractivity contribution in [2.75, 3.05) is 0 Å². The molecular formula is C20H38O4. The van der Waals surface area contributed by atoms with Crippen LogP contribution in [0, 0.1) is 0 Å². The van der Waals surface area contributed by atoms with E-state index in [-0.39, 0.29) is 6.42 Å². The van der Waals surface area contributed by atoms with E-state index in [1.165, 1.54) is 25.7 Å². The van der Waals surface area contributed by atoms with Crippen molar-refractivity contribution in [1.29, 1.82) is 0 Å². The Balaban J connectivity index is 3.46. The van der Waals surface area contributed by atoms with E-state index in [2.05, 4.69) is 6.92 Å². The van der Waals surface area contributed by atoms with Crippen LogP contribution in [0.1, 0.15) is 96.8 Å². The van der Waals surface area contributed by atoms with Gasteiger partial charge in [-0.2, -0.15) is 0 Å². The first kappa shape index (κ1) is 23.1. The summed E-state index contributed by atoms with van der Waals surface area (Å²) in [6, 6.07) is 0. The molecule has 0 aromatic rings. The monoisotopic (exact) mass is 342 g/mol. The van der Waals surface area contributed by atoms with Crippen molar-refractivity contribution >= 4 is 5.97 Å². The largest absolute Gasteiger partial charge is 0.481 e. The second kappa shape index (κ2) is 17.0. The van der Waals surface area contributed by atoms with Crippen LogP contribution in [0.4, 0.5) is 0 Å². The number of unbranched alkanes of at least 4 members (excludes halogenated alkanes) is 9. The summed E-state index contributed by atoms with van der Waals surface area (Å²) in [6.45, 7) is 2.19. The summed E-state index contributed by atoms with van der Waals surface area (Å²) < 4.78 is 0. The van der Waals surface area contributed by atoms with E-state index >= 15 is 0 Å². The summed E-state index contributed by atoms with van der Waals surface area (Å²) >= 11 is 0. The Hall–Kier alpha value is -0.870. The van der Waals surface area contributed by atoms with Crippen molar-refractivity contribution < 1.29 is 20.1 Å². The highest BCUT2D eigenvalue weighted by molar-refractivity contribution is 5.66. The smallest absolute Gasteiger partial charge is 0.303 e. The molecule has 0 spiro atoms. The molecule has 0 rings (SSSR count). The number of hydrogen-bond donors (Lipinski definition) is 3. The van der Waals surface area contributed by atoms with Gasteiger partial charge in [0.1, 0.15) is 0 Å². The van der Waals surface area contributed by atoms with Gasteiger partial charge in [0.15, 0.2) is 0 Å². The molecule has 0 saturated heterocycles. The standard InChI is InChI=1S/C20H38O4/c1-2-3-4-7-10-13-18(21)16-17-19(22)14-11-8-5-6-9-12-15-20(23)24/h16-19,21-22H,2-15H2,1H3,(H,23,24)/b17-16+/t18-,19-/m1/s1. The molecule has 0 amide bonds. The lowest BCUT2D eigenvalue weighted by Crippen LogP contribution is -2.06. The van der Waals surface area contributed by atoms with Gasteiger partial charge >= 0.3 is 5.97 Å². The van der Waals surface area contributed by atoms with E-state index < -0.39 is 18.2 Å². The van der Waals surface area contributed by atoms with E-state index in [4.69, 9.17) is 5.11 Å². The topological polar surface area (TPSA) is 77.8 Å². The van der Waals surface area contributed by atoms with Gasteiger partial charge in [-0.15, -0.1) is 0 Å². The maximum absolute atomic E-state index is 10.4. The Labute approximate surface area is 148 Å². The molecule has 4 heteroatoms. The molecule has 0 aromatic heterocycles. The molecule has 0 aliphatic rings. The Morgan fingerprint density at radius 3 is 1.62 bits per heavy atom. The lowest BCUT2D eigenvalue weighted by Gasteiger charge is -2.08. The minimum absolute atomic E-state index is 0.268. The van der Waals surface area contributed by atoms with Crippen LogP contribution in [0.3, 0.4) is 0 Å². The van der Waals surface area contributed by atoms with Crippen LogP contribution in [0.15, 0.2) is 12.2 Å². The van der Waals surface area contributed by atoms with E-state index in [0.717, 1.165) is 57.8 Å². The summed E-state index contributed by atoms with van der Waals surface area (Å²) in [5, 5.41) is 28.3. The minimum atomic E-state index is -0.715. The summed E-state index contributed by atoms with van der Waals surface area (Å²) in [7, 11) is 0. The van der Waals surface area contributed by atoms with Gasteiger partial charge in [0, 0.05) is 6.42 Å². The molecule has 3 N–H and O–H groups in total. The van der Waals surface area contributed by atoms with Crippen LogP contribution in [0.2, 0.25) is 0 Å². The Bertz CT molecular complexity index is 315. The number of aliphatic hydroxyl groups is 2. The first-order chi connectivity index (χ1) is 11.6. The van der Waals surface area contributed by atoms with Crippen LogP contribution < -0.4 is 0 Å². The zero-order chi connectivity index (χ0) is 18.0. The van der Waals surface area contributed by atoms with Gasteiger partial charge in [-0.1, -0.05) is 83.3 Å². The van der Waals surface area contributed by atoms with Gasteiger partial charge in [0.2, 0.25) is 0 Å². The highest BCUT2D eigenvalue weighted by Gasteiger charge is 2.03. The summed E-state index contributed by atoms with van der Waals surface area (Å²) in [6.07, 6.45) is 16.2. The number of carbonyl (C=O) groups is 1. The highest BCUT2D eigenvalue weighted by atomic mass is 16.4. The molecular weight excluding hydrogens is 304 g/mol. The van der Waals surface area contributed by atoms with Crippen molar-refractivity contribution in [3.63, 3.8) is 0 Å². The van der Waals surface area contributed by atoms with Gasteiger partial charge in [-0.3, -0.25) is 4.79 Å². The Morgan fingerprint density at radius 2 is 1.17 bits per heavy atom. The number of rotatable bonds is 17. The van der Waals surface area contributed by atoms with E-state index in [9.17, 15) is 15.0 Å². The maximum Gasteiger partial charge on any atom is 0.303 e. The molecule has 0 radical (unpaired) electrons. The number of carboxylic acids is 1. The van der Waals surface area contributed by atoms with Crippen molar-refractivity contribution in [2.24, 2.45) is 0 Å². The van der Waals surface area contributed by atoms with E-state index in [1.807, 2.05) is 0 Å². The number of carboxylic acid groups (broad SMARTS) is 1. The zero-order valence-electron chi connectivity index (χ0n) is 15.5. The van der Waals surface area contributed by atoms with Crippen molar-refractivity contribution in [3.05, 3.63) is 12.2 Å². The van der Waals surface area contributed by atoms with Crippen molar-refractivity contribution in [1.82, 2.24) is 0 Å².